The lowest BCUT2D eigenvalue weighted by Crippen LogP contribution is -2.14. The Morgan fingerprint density at radius 1 is 1.17 bits per heavy atom. The zero-order chi connectivity index (χ0) is 9.23. The minimum absolute atomic E-state index is 0.809. The second kappa shape index (κ2) is 9.23. The molecule has 0 rings (SSSR count). The smallest absolute Gasteiger partial charge is 0.173 e. The maximum Gasteiger partial charge on any atom is 0.173 e. The van der Waals surface area contributed by atoms with Crippen LogP contribution in [0.2, 0.25) is 12.6 Å². The largest absolute Gasteiger partial charge is 0.420 e. The van der Waals surface area contributed by atoms with Crippen LogP contribution >= 0.6 is 0 Å². The average Bonchev–Trinajstić information content (AvgIpc) is 2.05. The third kappa shape index (κ3) is 8.24. The van der Waals surface area contributed by atoms with Gasteiger partial charge in [-0.2, -0.15) is 0 Å². The summed E-state index contributed by atoms with van der Waals surface area (Å²) in [7, 11) is -0.809. The molecule has 0 spiro atoms. The molecule has 0 amide bonds. The van der Waals surface area contributed by atoms with Gasteiger partial charge in [-0.1, -0.05) is 13.3 Å². The van der Waals surface area contributed by atoms with Gasteiger partial charge in [0.2, 0.25) is 0 Å². The maximum absolute atomic E-state index is 5.69. The van der Waals surface area contributed by atoms with E-state index in [1.165, 1.54) is 12.5 Å². The Morgan fingerprint density at radius 3 is 2.50 bits per heavy atom. The Kier molecular flexibility index (Phi) is 9.33. The van der Waals surface area contributed by atoms with Crippen molar-refractivity contribution in [2.24, 2.45) is 0 Å². The second-order valence-corrected chi connectivity index (χ2v) is 5.55. The van der Waals surface area contributed by atoms with Crippen molar-refractivity contribution in [1.29, 1.82) is 0 Å². The van der Waals surface area contributed by atoms with Crippen LogP contribution in [0.3, 0.4) is 0 Å². The van der Waals surface area contributed by atoms with E-state index in [0.717, 1.165) is 26.2 Å². The normalized spacial score (nSPS) is 13.2. The van der Waals surface area contributed by atoms with Crippen LogP contribution in [-0.2, 0) is 9.16 Å². The molecule has 0 saturated heterocycles. The van der Waals surface area contributed by atoms with E-state index < -0.39 is 9.04 Å². The molecule has 0 saturated carbocycles. The highest BCUT2D eigenvalue weighted by molar-refractivity contribution is 6.50. The number of hydrogen-bond donors (Lipinski definition) is 0. The lowest BCUT2D eigenvalue weighted by atomic mass is 10.5. The van der Waals surface area contributed by atoms with Gasteiger partial charge in [-0.25, -0.2) is 0 Å². The van der Waals surface area contributed by atoms with Gasteiger partial charge in [0.15, 0.2) is 9.04 Å². The fourth-order valence-electron chi connectivity index (χ4n) is 1.08. The Morgan fingerprint density at radius 2 is 1.92 bits per heavy atom. The van der Waals surface area contributed by atoms with Crippen LogP contribution in [-0.4, -0.2) is 28.9 Å². The minimum atomic E-state index is -0.809. The fraction of sp³-hybridized carbons (Fsp3) is 1.00. The van der Waals surface area contributed by atoms with E-state index >= 15 is 0 Å². The number of ether oxygens (including phenoxy) is 1. The minimum Gasteiger partial charge on any atom is -0.420 e. The van der Waals surface area contributed by atoms with E-state index in [1.54, 1.807) is 0 Å². The van der Waals surface area contributed by atoms with Crippen LogP contribution in [0.15, 0.2) is 0 Å². The van der Waals surface area contributed by atoms with Crippen molar-refractivity contribution in [3.05, 3.63) is 0 Å². The van der Waals surface area contributed by atoms with Crippen molar-refractivity contribution in [2.45, 2.75) is 39.3 Å². The third-order valence-electron chi connectivity index (χ3n) is 1.73. The first-order chi connectivity index (χ1) is 5.81. The Hall–Kier alpha value is 0.137. The lowest BCUT2D eigenvalue weighted by Gasteiger charge is -2.09. The summed E-state index contributed by atoms with van der Waals surface area (Å²) in [6.07, 6.45) is 2.31. The van der Waals surface area contributed by atoms with Crippen molar-refractivity contribution < 1.29 is 9.16 Å². The molecule has 0 bridgehead atoms. The fourth-order valence-corrected chi connectivity index (χ4v) is 2.63. The van der Waals surface area contributed by atoms with E-state index in [4.69, 9.17) is 9.16 Å². The average molecular weight is 190 g/mol. The van der Waals surface area contributed by atoms with Gasteiger partial charge in [-0.15, -0.1) is 0 Å². The summed E-state index contributed by atoms with van der Waals surface area (Å²) in [5.74, 6) is 0. The molecule has 0 radical (unpaired) electrons. The molecule has 0 fully saturated rings. The van der Waals surface area contributed by atoms with Gasteiger partial charge in [0.25, 0.3) is 0 Å². The molecule has 0 heterocycles. The predicted octanol–water partition coefficient (Wildman–Crippen LogP) is 2.19. The molecular formula is C9H22O2Si. The summed E-state index contributed by atoms with van der Waals surface area (Å²) in [4.78, 5) is 0. The van der Waals surface area contributed by atoms with Crippen molar-refractivity contribution >= 4 is 9.04 Å². The summed E-state index contributed by atoms with van der Waals surface area (Å²) in [5, 5.41) is 0. The molecule has 74 valence electrons. The molecule has 0 aliphatic carbocycles. The monoisotopic (exact) mass is 190 g/mol. The van der Waals surface area contributed by atoms with E-state index in [1.807, 2.05) is 6.92 Å². The van der Waals surface area contributed by atoms with E-state index in [2.05, 4.69) is 13.5 Å². The van der Waals surface area contributed by atoms with Gasteiger partial charge in [-0.05, 0) is 25.9 Å². The first-order valence-corrected chi connectivity index (χ1v) is 7.44. The van der Waals surface area contributed by atoms with Crippen molar-refractivity contribution in [3.63, 3.8) is 0 Å². The molecule has 1 atom stereocenters. The van der Waals surface area contributed by atoms with Crippen LogP contribution < -0.4 is 0 Å². The number of hydrogen-bond acceptors (Lipinski definition) is 2. The molecule has 0 aliphatic rings. The molecule has 0 N–H and O–H groups in total. The first-order valence-electron chi connectivity index (χ1n) is 5.00. The second-order valence-electron chi connectivity index (χ2n) is 3.02. The quantitative estimate of drug-likeness (QED) is 0.431. The first kappa shape index (κ1) is 12.1. The molecule has 2 nitrogen and oxygen atoms in total. The predicted molar refractivity (Wildman–Crippen MR) is 55.2 cm³/mol. The molecular weight excluding hydrogens is 168 g/mol. The van der Waals surface area contributed by atoms with E-state index in [-0.39, 0.29) is 0 Å². The molecule has 0 aromatic carbocycles. The van der Waals surface area contributed by atoms with Gasteiger partial charge < -0.3 is 9.16 Å². The summed E-state index contributed by atoms with van der Waals surface area (Å²) >= 11 is 0. The lowest BCUT2D eigenvalue weighted by molar-refractivity contribution is 0.130. The summed E-state index contributed by atoms with van der Waals surface area (Å²) in [6.45, 7) is 9.08. The third-order valence-corrected chi connectivity index (χ3v) is 3.93. The maximum atomic E-state index is 5.69. The number of rotatable bonds is 8. The van der Waals surface area contributed by atoms with Crippen molar-refractivity contribution in [3.8, 4) is 0 Å². The Bertz CT molecular complexity index is 88.6. The topological polar surface area (TPSA) is 18.5 Å². The van der Waals surface area contributed by atoms with E-state index in [0.29, 0.717) is 0 Å². The summed E-state index contributed by atoms with van der Waals surface area (Å²) < 4.78 is 10.9. The SMILES string of the molecule is CCC[SiH](C)OCCCOCC. The molecule has 0 aromatic heterocycles. The molecule has 0 aliphatic heterocycles. The van der Waals surface area contributed by atoms with Crippen LogP contribution in [0, 0.1) is 0 Å². The van der Waals surface area contributed by atoms with Crippen LogP contribution in [0.25, 0.3) is 0 Å². The highest BCUT2D eigenvalue weighted by Gasteiger charge is 2.01. The summed E-state index contributed by atoms with van der Waals surface area (Å²) in [5.41, 5.74) is 0. The Balaban J connectivity index is 2.97. The Labute approximate surface area is 78.0 Å². The zero-order valence-corrected chi connectivity index (χ0v) is 9.79. The molecule has 12 heavy (non-hydrogen) atoms. The van der Waals surface area contributed by atoms with Crippen LogP contribution in [0.5, 0.6) is 0 Å². The highest BCUT2D eigenvalue weighted by atomic mass is 28.3. The van der Waals surface area contributed by atoms with Gasteiger partial charge in [-0.3, -0.25) is 0 Å². The van der Waals surface area contributed by atoms with Crippen molar-refractivity contribution in [1.82, 2.24) is 0 Å². The summed E-state index contributed by atoms with van der Waals surface area (Å²) in [6, 6.07) is 1.30. The molecule has 3 heteroatoms. The van der Waals surface area contributed by atoms with Gasteiger partial charge in [0.1, 0.15) is 0 Å². The zero-order valence-electron chi connectivity index (χ0n) is 8.64. The molecule has 0 aromatic rings. The van der Waals surface area contributed by atoms with Crippen LogP contribution in [0.1, 0.15) is 26.7 Å². The van der Waals surface area contributed by atoms with Gasteiger partial charge >= 0.3 is 0 Å². The van der Waals surface area contributed by atoms with Gasteiger partial charge in [0, 0.05) is 19.8 Å². The van der Waals surface area contributed by atoms with Gasteiger partial charge in [0.05, 0.1) is 0 Å². The van der Waals surface area contributed by atoms with Crippen molar-refractivity contribution in [2.75, 3.05) is 19.8 Å². The standard InChI is InChI=1S/C9H22O2Si/c1-4-9-12(3)11-8-6-7-10-5-2/h12H,4-9H2,1-3H3. The molecule has 1 unspecified atom stereocenters. The highest BCUT2D eigenvalue weighted by Crippen LogP contribution is 1.98. The van der Waals surface area contributed by atoms with E-state index in [9.17, 15) is 0 Å². The van der Waals surface area contributed by atoms with Crippen LogP contribution in [0.4, 0.5) is 0 Å².